The Morgan fingerprint density at radius 2 is 1.47 bits per heavy atom. The Labute approximate surface area is 209 Å². The van der Waals surface area contributed by atoms with Gasteiger partial charge in [0.2, 0.25) is 5.91 Å². The second-order valence-corrected chi connectivity index (χ2v) is 10.5. The smallest absolute Gasteiger partial charge is 0.251 e. The van der Waals surface area contributed by atoms with E-state index in [9.17, 15) is 18.0 Å². The predicted octanol–water partition coefficient (Wildman–Crippen LogP) is 4.16. The van der Waals surface area contributed by atoms with Crippen LogP contribution in [0.5, 0.6) is 0 Å². The van der Waals surface area contributed by atoms with Crippen LogP contribution in [-0.4, -0.2) is 31.5 Å². The molecule has 0 radical (unpaired) electrons. The molecule has 0 atom stereocenters. The van der Waals surface area contributed by atoms with Gasteiger partial charge in [-0.05, 0) is 77.2 Å². The lowest BCUT2D eigenvalue weighted by molar-refractivity contribution is 0.0949. The zero-order valence-electron chi connectivity index (χ0n) is 19.9. The lowest BCUT2D eigenvalue weighted by Gasteiger charge is -2.10. The first-order chi connectivity index (χ1) is 17.1. The summed E-state index contributed by atoms with van der Waals surface area (Å²) >= 11 is 0. The predicted molar refractivity (Wildman–Crippen MR) is 139 cm³/mol. The SMILES string of the molecule is Cc1ccc(C(=O)NCc2cc(-c3cccc(-c4ccc(C(N)=O)cc4)c3)ccn2)cc1S(C)(=O)=O. The highest BCUT2D eigenvalue weighted by atomic mass is 32.2. The summed E-state index contributed by atoms with van der Waals surface area (Å²) in [4.78, 5) is 28.5. The molecule has 8 heteroatoms. The number of nitrogens with zero attached hydrogens (tertiary/aromatic N) is 1. The Morgan fingerprint density at radius 3 is 2.14 bits per heavy atom. The molecule has 0 aliphatic rings. The van der Waals surface area contributed by atoms with Crippen molar-refractivity contribution in [1.29, 1.82) is 0 Å². The maximum Gasteiger partial charge on any atom is 0.251 e. The Bertz CT molecular complexity index is 1560. The highest BCUT2D eigenvalue weighted by molar-refractivity contribution is 7.90. The molecule has 4 aromatic rings. The summed E-state index contributed by atoms with van der Waals surface area (Å²) in [6.45, 7) is 1.88. The minimum atomic E-state index is -3.44. The molecule has 2 amide bonds. The Morgan fingerprint density at radius 1 is 0.833 bits per heavy atom. The van der Waals surface area contributed by atoms with Crippen LogP contribution in [0.3, 0.4) is 0 Å². The number of pyridine rings is 1. The van der Waals surface area contributed by atoms with Gasteiger partial charge in [0.1, 0.15) is 0 Å². The zero-order chi connectivity index (χ0) is 25.9. The van der Waals surface area contributed by atoms with E-state index in [4.69, 9.17) is 5.73 Å². The van der Waals surface area contributed by atoms with Gasteiger partial charge in [-0.1, -0.05) is 36.4 Å². The van der Waals surface area contributed by atoms with Crippen molar-refractivity contribution in [3.05, 3.63) is 107 Å². The first-order valence-corrected chi connectivity index (χ1v) is 13.1. The van der Waals surface area contributed by atoms with Crippen molar-refractivity contribution >= 4 is 21.7 Å². The number of hydrogen-bond acceptors (Lipinski definition) is 5. The van der Waals surface area contributed by atoms with E-state index in [1.807, 2.05) is 48.5 Å². The molecular formula is C28H25N3O4S. The van der Waals surface area contributed by atoms with Crippen molar-refractivity contribution < 1.29 is 18.0 Å². The van der Waals surface area contributed by atoms with Crippen molar-refractivity contribution in [3.63, 3.8) is 0 Å². The first kappa shape index (κ1) is 24.8. The number of benzene rings is 3. The van der Waals surface area contributed by atoms with Gasteiger partial charge < -0.3 is 11.1 Å². The van der Waals surface area contributed by atoms with Gasteiger partial charge in [-0.3, -0.25) is 14.6 Å². The number of amides is 2. The molecule has 7 nitrogen and oxygen atoms in total. The average molecular weight is 500 g/mol. The van der Waals surface area contributed by atoms with Gasteiger partial charge in [0.15, 0.2) is 9.84 Å². The van der Waals surface area contributed by atoms with E-state index in [-0.39, 0.29) is 22.9 Å². The number of aryl methyl sites for hydroxylation is 1. The van der Waals surface area contributed by atoms with Crippen LogP contribution in [0, 0.1) is 6.92 Å². The third-order valence-corrected chi connectivity index (χ3v) is 7.03. The van der Waals surface area contributed by atoms with E-state index < -0.39 is 15.7 Å². The normalized spacial score (nSPS) is 11.2. The van der Waals surface area contributed by atoms with Gasteiger partial charge in [0.25, 0.3) is 5.91 Å². The zero-order valence-corrected chi connectivity index (χ0v) is 20.7. The summed E-state index contributed by atoms with van der Waals surface area (Å²) in [6.07, 6.45) is 2.80. The topological polar surface area (TPSA) is 119 Å². The van der Waals surface area contributed by atoms with Crippen molar-refractivity contribution in [2.75, 3.05) is 6.26 Å². The minimum Gasteiger partial charge on any atom is -0.366 e. The second kappa shape index (κ2) is 10.1. The molecule has 36 heavy (non-hydrogen) atoms. The largest absolute Gasteiger partial charge is 0.366 e. The first-order valence-electron chi connectivity index (χ1n) is 11.2. The van der Waals surface area contributed by atoms with Crippen LogP contribution in [0.4, 0.5) is 0 Å². The number of carbonyl (C=O) groups is 2. The summed E-state index contributed by atoms with van der Waals surface area (Å²) in [5, 5.41) is 2.81. The molecule has 1 aromatic heterocycles. The van der Waals surface area contributed by atoms with Gasteiger partial charge in [-0.15, -0.1) is 0 Å². The molecule has 3 aromatic carbocycles. The molecule has 3 N–H and O–H groups in total. The van der Waals surface area contributed by atoms with Crippen LogP contribution in [0.1, 0.15) is 32.0 Å². The number of rotatable bonds is 7. The summed E-state index contributed by atoms with van der Waals surface area (Å²) in [7, 11) is -3.44. The number of hydrogen-bond donors (Lipinski definition) is 2. The minimum absolute atomic E-state index is 0.138. The molecule has 0 unspecified atom stereocenters. The van der Waals surface area contributed by atoms with E-state index in [2.05, 4.69) is 10.3 Å². The van der Waals surface area contributed by atoms with Crippen molar-refractivity contribution in [2.45, 2.75) is 18.4 Å². The number of carbonyl (C=O) groups excluding carboxylic acids is 2. The van der Waals surface area contributed by atoms with Crippen molar-refractivity contribution in [2.24, 2.45) is 5.73 Å². The fourth-order valence-electron chi connectivity index (χ4n) is 3.87. The average Bonchev–Trinajstić information content (AvgIpc) is 2.87. The summed E-state index contributed by atoms with van der Waals surface area (Å²) < 4.78 is 24.0. The number of nitrogens with one attached hydrogen (secondary N) is 1. The van der Waals surface area contributed by atoms with Crippen molar-refractivity contribution in [1.82, 2.24) is 10.3 Å². The Kier molecular flexibility index (Phi) is 6.98. The van der Waals surface area contributed by atoms with Gasteiger partial charge in [0.05, 0.1) is 17.1 Å². The molecule has 1 heterocycles. The van der Waals surface area contributed by atoms with Crippen LogP contribution in [-0.2, 0) is 16.4 Å². The van der Waals surface area contributed by atoms with Gasteiger partial charge in [-0.25, -0.2) is 8.42 Å². The van der Waals surface area contributed by atoms with Crippen LogP contribution < -0.4 is 11.1 Å². The van der Waals surface area contributed by atoms with E-state index in [1.165, 1.54) is 6.07 Å². The molecule has 0 spiro atoms. The van der Waals surface area contributed by atoms with E-state index in [1.54, 1.807) is 37.4 Å². The Hall–Kier alpha value is -4.30. The van der Waals surface area contributed by atoms with Gasteiger partial charge >= 0.3 is 0 Å². The summed E-state index contributed by atoms with van der Waals surface area (Å²) in [6, 6.07) is 23.5. The standard InChI is InChI=1S/C28H25N3O4S/c1-18-6-7-24(16-26(18)36(2,34)35)28(33)31-17-25-15-23(12-13-30-25)22-5-3-4-21(14-22)19-8-10-20(11-9-19)27(29)32/h3-16H,17H2,1-2H3,(H2,29,32)(H,31,33). The van der Waals surface area contributed by atoms with E-state index >= 15 is 0 Å². The fourth-order valence-corrected chi connectivity index (χ4v) is 4.87. The molecule has 0 bridgehead atoms. The molecule has 0 aliphatic heterocycles. The molecule has 0 saturated carbocycles. The lowest BCUT2D eigenvalue weighted by atomic mass is 9.98. The molecule has 4 rings (SSSR count). The number of primary amides is 1. The third kappa shape index (κ3) is 5.67. The highest BCUT2D eigenvalue weighted by Gasteiger charge is 2.15. The van der Waals surface area contributed by atoms with Crippen LogP contribution >= 0.6 is 0 Å². The molecular weight excluding hydrogens is 474 g/mol. The summed E-state index contributed by atoms with van der Waals surface area (Å²) in [5.74, 6) is -0.849. The van der Waals surface area contributed by atoms with Crippen molar-refractivity contribution in [3.8, 4) is 22.3 Å². The lowest BCUT2D eigenvalue weighted by Crippen LogP contribution is -2.23. The van der Waals surface area contributed by atoms with Gasteiger partial charge in [-0.2, -0.15) is 0 Å². The van der Waals surface area contributed by atoms with Gasteiger partial charge in [0, 0.05) is 23.6 Å². The second-order valence-electron chi connectivity index (χ2n) is 8.49. The highest BCUT2D eigenvalue weighted by Crippen LogP contribution is 2.27. The summed E-state index contributed by atoms with van der Waals surface area (Å²) in [5.41, 5.74) is 11.1. The number of nitrogens with two attached hydrogens (primary N) is 1. The van der Waals surface area contributed by atoms with Crippen LogP contribution in [0.25, 0.3) is 22.3 Å². The van der Waals surface area contributed by atoms with Crippen LogP contribution in [0.2, 0.25) is 0 Å². The Balaban J connectivity index is 1.51. The molecule has 182 valence electrons. The maximum atomic E-state index is 12.7. The monoisotopic (exact) mass is 499 g/mol. The number of aromatic nitrogens is 1. The van der Waals surface area contributed by atoms with Crippen LogP contribution in [0.15, 0.2) is 90.0 Å². The maximum absolute atomic E-state index is 12.7. The quantitative estimate of drug-likeness (QED) is 0.396. The third-order valence-electron chi connectivity index (χ3n) is 5.80. The van der Waals surface area contributed by atoms with E-state index in [0.29, 0.717) is 16.8 Å². The fraction of sp³-hybridized carbons (Fsp3) is 0.107. The molecule has 0 fully saturated rings. The van der Waals surface area contributed by atoms with E-state index in [0.717, 1.165) is 28.5 Å². The number of sulfone groups is 1. The molecule has 0 saturated heterocycles. The molecule has 0 aliphatic carbocycles.